The quantitative estimate of drug-likeness (QED) is 0.913. The standard InChI is InChI=1S/C16H25N3O/c1-13(2)14-6-4-5-7-15(14)17-12-16(20)19-10-8-18(3)9-11-19/h4-7,13,17H,8-12H2,1-3H3. The van der Waals surface area contributed by atoms with E-state index < -0.39 is 0 Å². The highest BCUT2D eigenvalue weighted by Gasteiger charge is 2.18. The summed E-state index contributed by atoms with van der Waals surface area (Å²) in [5, 5.41) is 3.30. The molecule has 0 unspecified atom stereocenters. The fourth-order valence-electron chi connectivity index (χ4n) is 2.50. The van der Waals surface area contributed by atoms with E-state index in [4.69, 9.17) is 0 Å². The Hall–Kier alpha value is -1.55. The van der Waals surface area contributed by atoms with Crippen molar-refractivity contribution in [2.75, 3.05) is 45.1 Å². The van der Waals surface area contributed by atoms with Crippen molar-refractivity contribution >= 4 is 11.6 Å². The summed E-state index contributed by atoms with van der Waals surface area (Å²) in [7, 11) is 2.10. The minimum atomic E-state index is 0.191. The molecule has 1 aliphatic heterocycles. The molecule has 20 heavy (non-hydrogen) atoms. The number of benzene rings is 1. The van der Waals surface area contributed by atoms with Crippen LogP contribution in [0.2, 0.25) is 0 Å². The molecular formula is C16H25N3O. The third kappa shape index (κ3) is 3.73. The molecule has 1 saturated heterocycles. The lowest BCUT2D eigenvalue weighted by Gasteiger charge is -2.32. The number of carbonyl (C=O) groups excluding carboxylic acids is 1. The SMILES string of the molecule is CC(C)c1ccccc1NCC(=O)N1CCN(C)CC1. The van der Waals surface area contributed by atoms with Crippen molar-refractivity contribution in [2.45, 2.75) is 19.8 Å². The lowest BCUT2D eigenvalue weighted by molar-refractivity contribution is -0.130. The van der Waals surface area contributed by atoms with E-state index in [9.17, 15) is 4.79 Å². The molecule has 0 aromatic heterocycles. The molecule has 1 N–H and O–H groups in total. The topological polar surface area (TPSA) is 35.6 Å². The first kappa shape index (κ1) is 14.9. The Morgan fingerprint density at radius 3 is 2.50 bits per heavy atom. The van der Waals surface area contributed by atoms with E-state index in [0.29, 0.717) is 12.5 Å². The van der Waals surface area contributed by atoms with E-state index in [0.717, 1.165) is 31.9 Å². The number of hydrogen-bond donors (Lipinski definition) is 1. The average molecular weight is 275 g/mol. The molecule has 1 heterocycles. The maximum Gasteiger partial charge on any atom is 0.241 e. The summed E-state index contributed by atoms with van der Waals surface area (Å²) in [5.74, 6) is 0.647. The number of nitrogens with zero attached hydrogens (tertiary/aromatic N) is 2. The summed E-state index contributed by atoms with van der Waals surface area (Å²) < 4.78 is 0. The van der Waals surface area contributed by atoms with Gasteiger partial charge in [-0.2, -0.15) is 0 Å². The molecule has 0 radical (unpaired) electrons. The molecule has 1 aromatic carbocycles. The van der Waals surface area contributed by atoms with E-state index in [1.807, 2.05) is 23.1 Å². The van der Waals surface area contributed by atoms with Crippen LogP contribution >= 0.6 is 0 Å². The van der Waals surface area contributed by atoms with E-state index in [-0.39, 0.29) is 5.91 Å². The normalized spacial score (nSPS) is 16.5. The van der Waals surface area contributed by atoms with Gasteiger partial charge in [0.1, 0.15) is 0 Å². The zero-order chi connectivity index (χ0) is 14.5. The largest absolute Gasteiger partial charge is 0.376 e. The summed E-state index contributed by atoms with van der Waals surface area (Å²) in [6.45, 7) is 8.33. The Morgan fingerprint density at radius 2 is 1.85 bits per heavy atom. The highest BCUT2D eigenvalue weighted by molar-refractivity contribution is 5.81. The monoisotopic (exact) mass is 275 g/mol. The molecule has 1 fully saturated rings. The summed E-state index contributed by atoms with van der Waals surface area (Å²) >= 11 is 0. The van der Waals surface area contributed by atoms with Crippen molar-refractivity contribution in [3.05, 3.63) is 29.8 Å². The van der Waals surface area contributed by atoms with E-state index in [1.54, 1.807) is 0 Å². The summed E-state index contributed by atoms with van der Waals surface area (Å²) in [4.78, 5) is 16.4. The number of likely N-dealkylation sites (N-methyl/N-ethyl adjacent to an activating group) is 1. The van der Waals surface area contributed by atoms with Crippen LogP contribution in [0.15, 0.2) is 24.3 Å². The van der Waals surface area contributed by atoms with Crippen LogP contribution < -0.4 is 5.32 Å². The predicted molar refractivity (Wildman–Crippen MR) is 83.1 cm³/mol. The molecule has 0 spiro atoms. The first-order chi connectivity index (χ1) is 9.58. The minimum absolute atomic E-state index is 0.191. The van der Waals surface area contributed by atoms with Crippen molar-refractivity contribution in [2.24, 2.45) is 0 Å². The van der Waals surface area contributed by atoms with E-state index >= 15 is 0 Å². The zero-order valence-corrected chi connectivity index (χ0v) is 12.7. The van der Waals surface area contributed by atoms with Gasteiger partial charge in [-0.3, -0.25) is 4.79 Å². The van der Waals surface area contributed by atoms with Crippen LogP contribution in [0, 0.1) is 0 Å². The number of anilines is 1. The highest BCUT2D eigenvalue weighted by atomic mass is 16.2. The Morgan fingerprint density at radius 1 is 1.20 bits per heavy atom. The lowest BCUT2D eigenvalue weighted by Crippen LogP contribution is -2.48. The fourth-order valence-corrected chi connectivity index (χ4v) is 2.50. The van der Waals surface area contributed by atoms with Gasteiger partial charge in [0.25, 0.3) is 0 Å². The summed E-state index contributed by atoms with van der Waals surface area (Å²) in [5.41, 5.74) is 2.34. The maximum absolute atomic E-state index is 12.2. The molecule has 1 aliphatic rings. The van der Waals surface area contributed by atoms with Crippen molar-refractivity contribution in [3.63, 3.8) is 0 Å². The van der Waals surface area contributed by atoms with Crippen LogP contribution in [-0.4, -0.2) is 55.5 Å². The molecule has 0 atom stereocenters. The van der Waals surface area contributed by atoms with Crippen molar-refractivity contribution in [1.82, 2.24) is 9.80 Å². The molecule has 110 valence electrons. The van der Waals surface area contributed by atoms with Gasteiger partial charge in [0.15, 0.2) is 0 Å². The van der Waals surface area contributed by atoms with E-state index in [1.165, 1.54) is 5.56 Å². The fraction of sp³-hybridized carbons (Fsp3) is 0.562. The molecular weight excluding hydrogens is 250 g/mol. The molecule has 0 aliphatic carbocycles. The molecule has 4 heteroatoms. The Balaban J connectivity index is 1.90. The Labute approximate surface area is 121 Å². The first-order valence-corrected chi connectivity index (χ1v) is 7.37. The predicted octanol–water partition coefficient (Wildman–Crippen LogP) is 2.00. The van der Waals surface area contributed by atoms with Crippen molar-refractivity contribution in [1.29, 1.82) is 0 Å². The molecule has 2 rings (SSSR count). The van der Waals surface area contributed by atoms with Crippen LogP contribution in [-0.2, 0) is 4.79 Å². The van der Waals surface area contributed by atoms with Gasteiger partial charge >= 0.3 is 0 Å². The molecule has 1 amide bonds. The number of para-hydroxylation sites is 1. The smallest absolute Gasteiger partial charge is 0.241 e. The van der Waals surface area contributed by atoms with Crippen molar-refractivity contribution < 1.29 is 4.79 Å². The average Bonchev–Trinajstić information content (AvgIpc) is 2.45. The van der Waals surface area contributed by atoms with Crippen LogP contribution in [0.5, 0.6) is 0 Å². The van der Waals surface area contributed by atoms with Gasteiger partial charge in [-0.15, -0.1) is 0 Å². The second-order valence-electron chi connectivity index (χ2n) is 5.78. The van der Waals surface area contributed by atoms with Gasteiger partial charge in [-0.05, 0) is 24.6 Å². The Bertz CT molecular complexity index is 451. The van der Waals surface area contributed by atoms with Gasteiger partial charge in [0.2, 0.25) is 5.91 Å². The number of hydrogen-bond acceptors (Lipinski definition) is 3. The van der Waals surface area contributed by atoms with Crippen LogP contribution in [0.25, 0.3) is 0 Å². The molecule has 4 nitrogen and oxygen atoms in total. The van der Waals surface area contributed by atoms with Gasteiger partial charge in [-0.1, -0.05) is 32.0 Å². The van der Waals surface area contributed by atoms with Gasteiger partial charge in [-0.25, -0.2) is 0 Å². The number of rotatable bonds is 4. The van der Waals surface area contributed by atoms with Gasteiger partial charge in [0, 0.05) is 31.9 Å². The van der Waals surface area contributed by atoms with Crippen LogP contribution in [0.4, 0.5) is 5.69 Å². The molecule has 1 aromatic rings. The van der Waals surface area contributed by atoms with Crippen molar-refractivity contribution in [3.8, 4) is 0 Å². The first-order valence-electron chi connectivity index (χ1n) is 7.37. The Kier molecular flexibility index (Phi) is 5.01. The van der Waals surface area contributed by atoms with Gasteiger partial charge < -0.3 is 15.1 Å². The highest BCUT2D eigenvalue weighted by Crippen LogP contribution is 2.23. The number of piperazine rings is 1. The third-order valence-corrected chi connectivity index (χ3v) is 3.87. The molecule has 0 saturated carbocycles. The summed E-state index contributed by atoms with van der Waals surface area (Å²) in [6, 6.07) is 8.22. The zero-order valence-electron chi connectivity index (χ0n) is 12.7. The number of amides is 1. The second kappa shape index (κ2) is 6.75. The van der Waals surface area contributed by atoms with Crippen LogP contribution in [0.3, 0.4) is 0 Å². The van der Waals surface area contributed by atoms with E-state index in [2.05, 4.69) is 37.2 Å². The number of carbonyl (C=O) groups is 1. The third-order valence-electron chi connectivity index (χ3n) is 3.87. The van der Waals surface area contributed by atoms with Gasteiger partial charge in [0.05, 0.1) is 6.54 Å². The lowest BCUT2D eigenvalue weighted by atomic mass is 10.0. The minimum Gasteiger partial charge on any atom is -0.376 e. The molecule has 0 bridgehead atoms. The van der Waals surface area contributed by atoms with Crippen LogP contribution in [0.1, 0.15) is 25.3 Å². The summed E-state index contributed by atoms with van der Waals surface area (Å²) in [6.07, 6.45) is 0. The maximum atomic E-state index is 12.2. The number of nitrogens with one attached hydrogen (secondary N) is 1. The second-order valence-corrected chi connectivity index (χ2v) is 5.78.